The third kappa shape index (κ3) is 3.58. The van der Waals surface area contributed by atoms with Gasteiger partial charge >= 0.3 is 0 Å². The van der Waals surface area contributed by atoms with Gasteiger partial charge in [-0.3, -0.25) is 4.90 Å². The van der Waals surface area contributed by atoms with Crippen LogP contribution in [0.4, 0.5) is 0 Å². The maximum Gasteiger partial charge on any atom is 0.231 e. The molecule has 1 spiro atoms. The highest BCUT2D eigenvalue weighted by Gasteiger charge is 2.35. The largest absolute Gasteiger partial charge is 0.493 e. The number of methoxy groups -OCH3 is 1. The molecular weight excluding hydrogens is 316 g/mol. The predicted molar refractivity (Wildman–Crippen MR) is 97.4 cm³/mol. The zero-order valence-electron chi connectivity index (χ0n) is 15.6. The molecule has 1 aromatic carbocycles. The summed E-state index contributed by atoms with van der Waals surface area (Å²) in [7, 11) is 3.95. The number of hydrogen-bond donors (Lipinski definition) is 0. The van der Waals surface area contributed by atoms with Crippen molar-refractivity contribution in [3.8, 4) is 17.2 Å². The molecule has 5 nitrogen and oxygen atoms in total. The number of fused-ring (bicyclic) bond motifs is 1. The maximum absolute atomic E-state index is 5.56. The van der Waals surface area contributed by atoms with Gasteiger partial charge in [-0.2, -0.15) is 0 Å². The van der Waals surface area contributed by atoms with Crippen LogP contribution in [-0.4, -0.2) is 56.9 Å². The van der Waals surface area contributed by atoms with Crippen LogP contribution in [0.15, 0.2) is 12.1 Å². The third-order valence-corrected chi connectivity index (χ3v) is 6.31. The maximum atomic E-state index is 5.56. The first-order valence-electron chi connectivity index (χ1n) is 9.55. The summed E-state index contributed by atoms with van der Waals surface area (Å²) < 4.78 is 16.5. The molecule has 3 heterocycles. The second-order valence-corrected chi connectivity index (χ2v) is 7.96. The molecule has 25 heavy (non-hydrogen) atoms. The van der Waals surface area contributed by atoms with Gasteiger partial charge in [0, 0.05) is 6.54 Å². The predicted octanol–water partition coefficient (Wildman–Crippen LogP) is 3.12. The van der Waals surface area contributed by atoms with E-state index >= 15 is 0 Å². The summed E-state index contributed by atoms with van der Waals surface area (Å²) in [4.78, 5) is 5.08. The molecule has 0 amide bonds. The molecule has 1 aromatic rings. The fraction of sp³-hybridized carbons (Fsp3) is 0.700. The first-order chi connectivity index (χ1) is 12.2. The Morgan fingerprint density at radius 2 is 1.84 bits per heavy atom. The van der Waals surface area contributed by atoms with E-state index in [-0.39, 0.29) is 6.79 Å². The fourth-order valence-electron chi connectivity index (χ4n) is 4.61. The van der Waals surface area contributed by atoms with Gasteiger partial charge in [0.05, 0.1) is 7.11 Å². The highest BCUT2D eigenvalue weighted by atomic mass is 16.7. The van der Waals surface area contributed by atoms with Crippen molar-refractivity contribution < 1.29 is 14.2 Å². The average Bonchev–Trinajstić information content (AvgIpc) is 3.02. The summed E-state index contributed by atoms with van der Waals surface area (Å²) in [5, 5.41) is 0. The van der Waals surface area contributed by atoms with Crippen molar-refractivity contribution in [2.75, 3.05) is 47.1 Å². The van der Waals surface area contributed by atoms with E-state index < -0.39 is 0 Å². The van der Waals surface area contributed by atoms with E-state index in [9.17, 15) is 0 Å². The Morgan fingerprint density at radius 3 is 2.64 bits per heavy atom. The zero-order valence-corrected chi connectivity index (χ0v) is 15.6. The molecule has 0 N–H and O–H groups in total. The van der Waals surface area contributed by atoms with E-state index in [0.29, 0.717) is 5.41 Å². The van der Waals surface area contributed by atoms with Gasteiger partial charge in [-0.25, -0.2) is 0 Å². The van der Waals surface area contributed by atoms with Gasteiger partial charge in [0.15, 0.2) is 11.5 Å². The van der Waals surface area contributed by atoms with Crippen molar-refractivity contribution in [2.45, 2.75) is 38.6 Å². The smallest absolute Gasteiger partial charge is 0.231 e. The molecule has 0 radical (unpaired) electrons. The molecule has 0 aromatic heterocycles. The topological polar surface area (TPSA) is 34.2 Å². The van der Waals surface area contributed by atoms with E-state index in [1.54, 1.807) is 7.11 Å². The number of ether oxygens (including phenoxy) is 3. The van der Waals surface area contributed by atoms with E-state index in [2.05, 4.69) is 29.0 Å². The van der Waals surface area contributed by atoms with Gasteiger partial charge in [0.25, 0.3) is 0 Å². The van der Waals surface area contributed by atoms with Gasteiger partial charge in [0.1, 0.15) is 0 Å². The quantitative estimate of drug-likeness (QED) is 0.840. The summed E-state index contributed by atoms with van der Waals surface area (Å²) >= 11 is 0. The second kappa shape index (κ2) is 7.04. The number of likely N-dealkylation sites (tertiary alicyclic amines) is 2. The lowest BCUT2D eigenvalue weighted by molar-refractivity contribution is 0.0848. The highest BCUT2D eigenvalue weighted by molar-refractivity contribution is 5.55. The Morgan fingerprint density at radius 1 is 1.04 bits per heavy atom. The lowest BCUT2D eigenvalue weighted by Crippen LogP contribution is -2.40. The van der Waals surface area contributed by atoms with Crippen molar-refractivity contribution in [1.29, 1.82) is 0 Å². The average molecular weight is 346 g/mol. The summed E-state index contributed by atoms with van der Waals surface area (Å²) in [6.07, 6.45) is 6.80. The van der Waals surface area contributed by atoms with Crippen molar-refractivity contribution in [3.63, 3.8) is 0 Å². The number of hydrogen-bond acceptors (Lipinski definition) is 5. The number of rotatable bonds is 3. The molecule has 5 heteroatoms. The van der Waals surface area contributed by atoms with Crippen LogP contribution in [0.2, 0.25) is 0 Å². The Balaban J connectivity index is 1.39. The van der Waals surface area contributed by atoms with Gasteiger partial charge in [-0.15, -0.1) is 0 Å². The van der Waals surface area contributed by atoms with Crippen molar-refractivity contribution >= 4 is 0 Å². The fourth-order valence-corrected chi connectivity index (χ4v) is 4.61. The van der Waals surface area contributed by atoms with Crippen LogP contribution in [0, 0.1) is 5.41 Å². The number of piperidine rings is 1. The molecule has 0 atom stereocenters. The Kier molecular flexibility index (Phi) is 4.78. The molecule has 4 rings (SSSR count). The van der Waals surface area contributed by atoms with Crippen LogP contribution < -0.4 is 14.2 Å². The van der Waals surface area contributed by atoms with E-state index in [1.165, 1.54) is 63.8 Å². The van der Waals surface area contributed by atoms with E-state index in [1.807, 2.05) is 0 Å². The molecule has 3 aliphatic rings. The SMILES string of the molecule is COc1cc(CN2CCC3(CCCN(C)CC3)CC2)cc2c1OCO2. The summed E-state index contributed by atoms with van der Waals surface area (Å²) in [5.74, 6) is 2.34. The van der Waals surface area contributed by atoms with Crippen LogP contribution >= 0.6 is 0 Å². The van der Waals surface area contributed by atoms with Gasteiger partial charge in [-0.05, 0) is 88.4 Å². The van der Waals surface area contributed by atoms with Crippen molar-refractivity contribution in [3.05, 3.63) is 17.7 Å². The van der Waals surface area contributed by atoms with Gasteiger partial charge in [-0.1, -0.05) is 0 Å². The third-order valence-electron chi connectivity index (χ3n) is 6.31. The Bertz CT molecular complexity index is 611. The molecule has 2 saturated heterocycles. The monoisotopic (exact) mass is 346 g/mol. The lowest BCUT2D eigenvalue weighted by atomic mass is 9.73. The summed E-state index contributed by atoms with van der Waals surface area (Å²) in [5.41, 5.74) is 1.84. The minimum absolute atomic E-state index is 0.288. The lowest BCUT2D eigenvalue weighted by Gasteiger charge is -2.41. The molecular formula is C20H30N2O3. The normalized spacial score (nSPS) is 23.6. The Hall–Kier alpha value is -1.46. The number of benzene rings is 1. The van der Waals surface area contributed by atoms with Crippen LogP contribution in [-0.2, 0) is 6.54 Å². The Labute approximate surface area is 150 Å². The summed E-state index contributed by atoms with van der Waals surface area (Å²) in [6.45, 7) is 6.17. The molecule has 0 aliphatic carbocycles. The van der Waals surface area contributed by atoms with E-state index in [0.717, 1.165) is 23.8 Å². The van der Waals surface area contributed by atoms with Crippen LogP contribution in [0.3, 0.4) is 0 Å². The first-order valence-corrected chi connectivity index (χ1v) is 9.55. The van der Waals surface area contributed by atoms with Crippen molar-refractivity contribution in [1.82, 2.24) is 9.80 Å². The molecule has 3 aliphatic heterocycles. The molecule has 0 unspecified atom stereocenters. The first kappa shape index (κ1) is 17.0. The standard InChI is InChI=1S/C20H30N2O3/c1-21-8-3-4-20(5-9-21)6-10-22(11-7-20)14-16-12-17(23-2)19-18(13-16)24-15-25-19/h12-13H,3-11,14-15H2,1-2H3. The second-order valence-electron chi connectivity index (χ2n) is 7.96. The van der Waals surface area contributed by atoms with Crippen LogP contribution in [0.25, 0.3) is 0 Å². The van der Waals surface area contributed by atoms with Crippen molar-refractivity contribution in [2.24, 2.45) is 5.41 Å². The number of nitrogens with zero attached hydrogens (tertiary/aromatic N) is 2. The zero-order chi connectivity index (χ0) is 17.3. The van der Waals surface area contributed by atoms with Crippen LogP contribution in [0.5, 0.6) is 17.2 Å². The van der Waals surface area contributed by atoms with Gasteiger partial charge in [0.2, 0.25) is 12.5 Å². The highest BCUT2D eigenvalue weighted by Crippen LogP contribution is 2.43. The minimum Gasteiger partial charge on any atom is -0.493 e. The summed E-state index contributed by atoms with van der Waals surface area (Å²) in [6, 6.07) is 4.20. The van der Waals surface area contributed by atoms with E-state index in [4.69, 9.17) is 14.2 Å². The van der Waals surface area contributed by atoms with Crippen LogP contribution in [0.1, 0.15) is 37.7 Å². The minimum atomic E-state index is 0.288. The molecule has 2 fully saturated rings. The molecule has 0 bridgehead atoms. The molecule has 138 valence electrons. The molecule has 0 saturated carbocycles. The van der Waals surface area contributed by atoms with Gasteiger partial charge < -0.3 is 19.1 Å².